The van der Waals surface area contributed by atoms with E-state index < -0.39 is 0 Å². The van der Waals surface area contributed by atoms with Crippen molar-refractivity contribution in [2.24, 2.45) is 28.6 Å². The Morgan fingerprint density at radius 3 is 2.59 bits per heavy atom. The molecule has 0 aliphatic heterocycles. The van der Waals surface area contributed by atoms with Gasteiger partial charge in [0.05, 0.1) is 6.10 Å². The number of hydrogen-bond donors (Lipinski definition) is 1. The normalized spacial score (nSPS) is 45.4. The van der Waals surface area contributed by atoms with Gasteiger partial charge in [0.1, 0.15) is 0 Å². The predicted molar refractivity (Wildman–Crippen MR) is 93.5 cm³/mol. The monoisotopic (exact) mass is 300 g/mol. The maximum absolute atomic E-state index is 10.5. The van der Waals surface area contributed by atoms with Crippen LogP contribution in [0.15, 0.2) is 36.0 Å². The zero-order valence-electron chi connectivity index (χ0n) is 14.8. The summed E-state index contributed by atoms with van der Waals surface area (Å²) in [4.78, 5) is 0. The third kappa shape index (κ3) is 2.24. The third-order valence-electron chi connectivity index (χ3n) is 7.13. The summed E-state index contributed by atoms with van der Waals surface area (Å²) in [5, 5.41) is 10.5. The first kappa shape index (κ1) is 16.1. The van der Waals surface area contributed by atoms with E-state index in [0.29, 0.717) is 17.8 Å². The highest BCUT2D eigenvalue weighted by molar-refractivity contribution is 5.41. The third-order valence-corrected chi connectivity index (χ3v) is 7.13. The van der Waals surface area contributed by atoms with Crippen molar-refractivity contribution in [1.29, 1.82) is 0 Å². The highest BCUT2D eigenvalue weighted by atomic mass is 16.3. The average molecular weight is 300 g/mol. The molecule has 3 aliphatic carbocycles. The molecule has 0 unspecified atom stereocenters. The lowest BCUT2D eigenvalue weighted by molar-refractivity contribution is -0.0109. The van der Waals surface area contributed by atoms with Crippen LogP contribution in [0.1, 0.15) is 59.8 Å². The van der Waals surface area contributed by atoms with Crippen LogP contribution < -0.4 is 0 Å². The van der Waals surface area contributed by atoms with E-state index in [1.54, 1.807) is 5.57 Å². The number of aliphatic hydroxyl groups is 1. The van der Waals surface area contributed by atoms with Crippen LogP contribution in [0.2, 0.25) is 0 Å². The highest BCUT2D eigenvalue weighted by Crippen LogP contribution is 2.64. The molecule has 22 heavy (non-hydrogen) atoms. The number of aliphatic hydroxyl groups excluding tert-OH is 1. The van der Waals surface area contributed by atoms with E-state index >= 15 is 0 Å². The maximum atomic E-state index is 10.5. The minimum atomic E-state index is -0.317. The van der Waals surface area contributed by atoms with Crippen molar-refractivity contribution >= 4 is 0 Å². The summed E-state index contributed by atoms with van der Waals surface area (Å²) in [6.07, 6.45) is 7.55. The summed E-state index contributed by atoms with van der Waals surface area (Å²) in [6, 6.07) is 0. The minimum Gasteiger partial charge on any atom is -0.389 e. The van der Waals surface area contributed by atoms with Crippen LogP contribution in [0.25, 0.3) is 0 Å². The predicted octanol–water partition coefficient (Wildman–Crippen LogP) is 5.28. The van der Waals surface area contributed by atoms with Crippen LogP contribution in [0.5, 0.6) is 0 Å². The smallest absolute Gasteiger partial charge is 0.0752 e. The molecule has 0 saturated heterocycles. The molecule has 0 spiro atoms. The second kappa shape index (κ2) is 5.09. The fraction of sp³-hybridized carbons (Fsp3) is 0.714. The van der Waals surface area contributed by atoms with Gasteiger partial charge in [-0.1, -0.05) is 52.5 Å². The Bertz CT molecular complexity index is 540. The molecule has 0 bridgehead atoms. The van der Waals surface area contributed by atoms with Gasteiger partial charge in [-0.15, -0.1) is 0 Å². The summed E-state index contributed by atoms with van der Waals surface area (Å²) in [6.45, 7) is 18.0. The van der Waals surface area contributed by atoms with E-state index in [1.807, 2.05) is 0 Å². The van der Waals surface area contributed by atoms with E-state index in [-0.39, 0.29) is 16.9 Å². The summed E-state index contributed by atoms with van der Waals surface area (Å²) < 4.78 is 0. The molecule has 1 N–H and O–H groups in total. The Morgan fingerprint density at radius 1 is 1.27 bits per heavy atom. The van der Waals surface area contributed by atoms with Crippen molar-refractivity contribution in [2.75, 3.05) is 0 Å². The van der Waals surface area contributed by atoms with Gasteiger partial charge in [-0.25, -0.2) is 0 Å². The summed E-state index contributed by atoms with van der Waals surface area (Å²) in [5.41, 5.74) is 4.38. The van der Waals surface area contributed by atoms with E-state index in [1.165, 1.54) is 18.4 Å². The molecule has 1 nitrogen and oxygen atoms in total. The molecule has 0 aromatic rings. The lowest BCUT2D eigenvalue weighted by Gasteiger charge is -2.53. The van der Waals surface area contributed by atoms with Crippen molar-refractivity contribution < 1.29 is 5.11 Å². The maximum Gasteiger partial charge on any atom is 0.0752 e. The summed E-state index contributed by atoms with van der Waals surface area (Å²) in [7, 11) is 0. The van der Waals surface area contributed by atoms with Crippen molar-refractivity contribution in [3.63, 3.8) is 0 Å². The first-order valence-electron chi connectivity index (χ1n) is 8.94. The molecular weight excluding hydrogens is 268 g/mol. The summed E-state index contributed by atoms with van der Waals surface area (Å²) in [5.74, 6) is 1.97. The molecular formula is C21H32O. The minimum absolute atomic E-state index is 0.191. The second-order valence-electron chi connectivity index (χ2n) is 8.97. The lowest BCUT2D eigenvalue weighted by Crippen LogP contribution is -2.45. The van der Waals surface area contributed by atoms with Crippen molar-refractivity contribution in [3.05, 3.63) is 36.0 Å². The Kier molecular flexibility index (Phi) is 3.72. The number of allylic oxidation sites excluding steroid dienone is 3. The molecule has 0 aromatic carbocycles. The number of rotatable bonds is 1. The van der Waals surface area contributed by atoms with Crippen molar-refractivity contribution in [3.8, 4) is 0 Å². The van der Waals surface area contributed by atoms with Gasteiger partial charge in [0.2, 0.25) is 0 Å². The van der Waals surface area contributed by atoms with Gasteiger partial charge in [0.15, 0.2) is 0 Å². The van der Waals surface area contributed by atoms with Gasteiger partial charge >= 0.3 is 0 Å². The van der Waals surface area contributed by atoms with Gasteiger partial charge in [-0.05, 0) is 71.8 Å². The van der Waals surface area contributed by atoms with Gasteiger partial charge in [0.25, 0.3) is 0 Å². The van der Waals surface area contributed by atoms with Crippen molar-refractivity contribution in [2.45, 2.75) is 65.9 Å². The largest absolute Gasteiger partial charge is 0.389 e. The van der Waals surface area contributed by atoms with Gasteiger partial charge in [0, 0.05) is 0 Å². The topological polar surface area (TPSA) is 20.2 Å². The first-order valence-corrected chi connectivity index (χ1v) is 8.94. The van der Waals surface area contributed by atoms with Gasteiger partial charge < -0.3 is 5.11 Å². The van der Waals surface area contributed by atoms with Crippen LogP contribution in [0.3, 0.4) is 0 Å². The van der Waals surface area contributed by atoms with E-state index in [2.05, 4.69) is 46.9 Å². The van der Waals surface area contributed by atoms with Crippen LogP contribution in [-0.2, 0) is 0 Å². The number of fused-ring (bicyclic) bond motifs is 2. The molecule has 0 amide bonds. The lowest BCUT2D eigenvalue weighted by atomic mass is 9.51. The standard InChI is InChI=1S/C21H32O/c1-13(2)17-9-15(4)21(6)12-20(5)11-19(22)14(3)7-8-16(20)10-18(17)21/h9,13,16,18-19,22H,3-4,7-8,10-12H2,1-2,5-6H3/t16-,18+,19-,20-,21-/m1/s1. The molecule has 0 heterocycles. The van der Waals surface area contributed by atoms with E-state index in [9.17, 15) is 5.11 Å². The molecule has 0 aromatic heterocycles. The summed E-state index contributed by atoms with van der Waals surface area (Å²) >= 11 is 0. The van der Waals surface area contributed by atoms with Crippen LogP contribution in [-0.4, -0.2) is 11.2 Å². The fourth-order valence-electron chi connectivity index (χ4n) is 5.63. The molecule has 2 fully saturated rings. The SMILES string of the molecule is C=C1CC[C@@H]2C[C@H]3C(C(C)C)=CC(=C)[C@@]3(C)C[C@@]2(C)C[C@H]1O. The van der Waals surface area contributed by atoms with Crippen LogP contribution >= 0.6 is 0 Å². The molecule has 3 rings (SSSR count). The van der Waals surface area contributed by atoms with E-state index in [4.69, 9.17) is 0 Å². The molecule has 1 heteroatoms. The zero-order chi connectivity index (χ0) is 16.3. The van der Waals surface area contributed by atoms with Crippen LogP contribution in [0, 0.1) is 28.6 Å². The second-order valence-corrected chi connectivity index (χ2v) is 8.97. The average Bonchev–Trinajstić information content (AvgIpc) is 2.60. The zero-order valence-corrected chi connectivity index (χ0v) is 14.8. The number of hydrogen-bond acceptors (Lipinski definition) is 1. The van der Waals surface area contributed by atoms with Crippen molar-refractivity contribution in [1.82, 2.24) is 0 Å². The van der Waals surface area contributed by atoms with E-state index in [0.717, 1.165) is 24.8 Å². The van der Waals surface area contributed by atoms with Gasteiger partial charge in [-0.3, -0.25) is 0 Å². The molecule has 2 saturated carbocycles. The Morgan fingerprint density at radius 2 is 1.95 bits per heavy atom. The first-order chi connectivity index (χ1) is 10.2. The molecule has 5 atom stereocenters. The van der Waals surface area contributed by atoms with Crippen LogP contribution in [0.4, 0.5) is 0 Å². The Balaban J connectivity index is 1.96. The Hall–Kier alpha value is -0.820. The fourth-order valence-corrected chi connectivity index (χ4v) is 5.63. The highest BCUT2D eigenvalue weighted by Gasteiger charge is 2.55. The quantitative estimate of drug-likeness (QED) is 0.653. The van der Waals surface area contributed by atoms with Gasteiger partial charge in [-0.2, -0.15) is 0 Å². The molecule has 0 radical (unpaired) electrons. The molecule has 122 valence electrons. The molecule has 3 aliphatic rings. The Labute approximate surface area is 136 Å².